The van der Waals surface area contributed by atoms with Gasteiger partial charge in [-0.15, -0.1) is 0 Å². The molecular weight excluding hydrogens is 250 g/mol. The summed E-state index contributed by atoms with van der Waals surface area (Å²) < 4.78 is 11.2. The highest BCUT2D eigenvalue weighted by Gasteiger charge is 2.14. The molecule has 2 aromatic rings. The van der Waals surface area contributed by atoms with Crippen molar-refractivity contribution in [1.29, 1.82) is 0 Å². The van der Waals surface area contributed by atoms with Crippen molar-refractivity contribution in [3.63, 3.8) is 0 Å². The molecule has 0 amide bonds. The third-order valence-corrected chi connectivity index (χ3v) is 3.58. The maximum atomic E-state index is 5.64. The SMILES string of the molecule is Cc1ccccc1NC(C)c1ccc2c(c1)OCCO2. The molecule has 3 heteroatoms. The van der Waals surface area contributed by atoms with Crippen LogP contribution in [0, 0.1) is 6.92 Å². The van der Waals surface area contributed by atoms with Crippen LogP contribution in [0.5, 0.6) is 11.5 Å². The molecule has 2 aromatic carbocycles. The molecule has 0 aliphatic carbocycles. The Balaban J connectivity index is 1.80. The van der Waals surface area contributed by atoms with Gasteiger partial charge in [-0.1, -0.05) is 24.3 Å². The summed E-state index contributed by atoms with van der Waals surface area (Å²) in [6.07, 6.45) is 0. The molecule has 1 heterocycles. The lowest BCUT2D eigenvalue weighted by Gasteiger charge is -2.22. The van der Waals surface area contributed by atoms with Crippen molar-refractivity contribution in [1.82, 2.24) is 0 Å². The number of para-hydroxylation sites is 1. The van der Waals surface area contributed by atoms with Gasteiger partial charge in [-0.05, 0) is 43.2 Å². The molecule has 1 atom stereocenters. The molecular formula is C17H19NO2. The van der Waals surface area contributed by atoms with Crippen molar-refractivity contribution in [2.75, 3.05) is 18.5 Å². The molecule has 1 unspecified atom stereocenters. The Labute approximate surface area is 119 Å². The van der Waals surface area contributed by atoms with E-state index in [0.717, 1.165) is 17.2 Å². The van der Waals surface area contributed by atoms with Gasteiger partial charge in [-0.2, -0.15) is 0 Å². The van der Waals surface area contributed by atoms with Crippen molar-refractivity contribution < 1.29 is 9.47 Å². The zero-order valence-corrected chi connectivity index (χ0v) is 11.8. The minimum Gasteiger partial charge on any atom is -0.486 e. The Morgan fingerprint density at radius 3 is 2.55 bits per heavy atom. The number of hydrogen-bond acceptors (Lipinski definition) is 3. The standard InChI is InChI=1S/C17H19NO2/c1-12-5-3-4-6-15(12)18-13(2)14-7-8-16-17(11-14)20-10-9-19-16/h3-8,11,13,18H,9-10H2,1-2H3. The quantitative estimate of drug-likeness (QED) is 0.915. The number of hydrogen-bond donors (Lipinski definition) is 1. The summed E-state index contributed by atoms with van der Waals surface area (Å²) in [6.45, 7) is 5.51. The Kier molecular flexibility index (Phi) is 3.50. The van der Waals surface area contributed by atoms with E-state index in [-0.39, 0.29) is 6.04 Å². The Bertz CT molecular complexity index is 610. The van der Waals surface area contributed by atoms with Crippen LogP contribution in [-0.4, -0.2) is 13.2 Å². The summed E-state index contributed by atoms with van der Waals surface area (Å²) in [4.78, 5) is 0. The lowest BCUT2D eigenvalue weighted by molar-refractivity contribution is 0.171. The van der Waals surface area contributed by atoms with E-state index in [0.29, 0.717) is 13.2 Å². The molecule has 0 fully saturated rings. The second-order valence-electron chi connectivity index (χ2n) is 5.08. The van der Waals surface area contributed by atoms with E-state index >= 15 is 0 Å². The summed E-state index contributed by atoms with van der Waals surface area (Å²) in [5.74, 6) is 1.68. The maximum Gasteiger partial charge on any atom is 0.161 e. The van der Waals surface area contributed by atoms with Crippen LogP contribution < -0.4 is 14.8 Å². The first-order chi connectivity index (χ1) is 9.74. The molecule has 0 bridgehead atoms. The molecule has 20 heavy (non-hydrogen) atoms. The number of aryl methyl sites for hydroxylation is 1. The van der Waals surface area contributed by atoms with Crippen molar-refractivity contribution in [2.45, 2.75) is 19.9 Å². The fourth-order valence-corrected chi connectivity index (χ4v) is 2.38. The van der Waals surface area contributed by atoms with Crippen LogP contribution in [0.15, 0.2) is 42.5 Å². The summed E-state index contributed by atoms with van der Waals surface area (Å²) in [5, 5.41) is 3.54. The highest BCUT2D eigenvalue weighted by atomic mass is 16.6. The summed E-state index contributed by atoms with van der Waals surface area (Å²) >= 11 is 0. The highest BCUT2D eigenvalue weighted by molar-refractivity contribution is 5.53. The first-order valence-corrected chi connectivity index (χ1v) is 6.96. The lowest BCUT2D eigenvalue weighted by Crippen LogP contribution is -2.16. The van der Waals surface area contributed by atoms with Gasteiger partial charge in [0, 0.05) is 11.7 Å². The van der Waals surface area contributed by atoms with Gasteiger partial charge in [-0.3, -0.25) is 0 Å². The minimum absolute atomic E-state index is 0.215. The normalized spacial score (nSPS) is 14.7. The molecule has 3 nitrogen and oxygen atoms in total. The molecule has 0 aromatic heterocycles. The van der Waals surface area contributed by atoms with Gasteiger partial charge in [0.2, 0.25) is 0 Å². The molecule has 1 aliphatic heterocycles. The van der Waals surface area contributed by atoms with Crippen molar-refractivity contribution in [3.8, 4) is 11.5 Å². The van der Waals surface area contributed by atoms with Gasteiger partial charge in [0.25, 0.3) is 0 Å². The summed E-state index contributed by atoms with van der Waals surface area (Å²) in [7, 11) is 0. The molecule has 0 saturated heterocycles. The number of rotatable bonds is 3. The van der Waals surface area contributed by atoms with Gasteiger partial charge in [0.15, 0.2) is 11.5 Å². The second kappa shape index (κ2) is 5.45. The average molecular weight is 269 g/mol. The van der Waals surface area contributed by atoms with Gasteiger partial charge in [0.1, 0.15) is 13.2 Å². The van der Waals surface area contributed by atoms with Gasteiger partial charge in [0.05, 0.1) is 0 Å². The fraction of sp³-hybridized carbons (Fsp3) is 0.294. The van der Waals surface area contributed by atoms with Gasteiger partial charge in [-0.25, -0.2) is 0 Å². The van der Waals surface area contributed by atoms with Gasteiger partial charge >= 0.3 is 0 Å². The van der Waals surface area contributed by atoms with Crippen LogP contribution >= 0.6 is 0 Å². The monoisotopic (exact) mass is 269 g/mol. The van der Waals surface area contributed by atoms with Crippen LogP contribution in [0.3, 0.4) is 0 Å². The first-order valence-electron chi connectivity index (χ1n) is 6.96. The molecule has 1 N–H and O–H groups in total. The Hall–Kier alpha value is -2.16. The molecule has 0 spiro atoms. The van der Waals surface area contributed by atoms with E-state index in [1.165, 1.54) is 11.1 Å². The average Bonchev–Trinajstić information content (AvgIpc) is 2.49. The number of fused-ring (bicyclic) bond motifs is 1. The molecule has 0 saturated carbocycles. The van der Waals surface area contributed by atoms with Gasteiger partial charge < -0.3 is 14.8 Å². The molecule has 3 rings (SSSR count). The van der Waals surface area contributed by atoms with Crippen LogP contribution in [0.25, 0.3) is 0 Å². The van der Waals surface area contributed by atoms with Crippen molar-refractivity contribution in [2.24, 2.45) is 0 Å². The molecule has 0 radical (unpaired) electrons. The number of nitrogens with one attached hydrogen (secondary N) is 1. The summed E-state index contributed by atoms with van der Waals surface area (Å²) in [5.41, 5.74) is 3.60. The summed E-state index contributed by atoms with van der Waals surface area (Å²) in [6, 6.07) is 14.7. The third-order valence-electron chi connectivity index (χ3n) is 3.58. The Morgan fingerprint density at radius 1 is 1.00 bits per heavy atom. The van der Waals surface area contributed by atoms with Crippen LogP contribution in [0.2, 0.25) is 0 Å². The lowest BCUT2D eigenvalue weighted by atomic mass is 10.1. The number of benzene rings is 2. The van der Waals surface area contributed by atoms with Crippen LogP contribution in [-0.2, 0) is 0 Å². The fourth-order valence-electron chi connectivity index (χ4n) is 2.38. The van der Waals surface area contributed by atoms with Crippen molar-refractivity contribution >= 4 is 5.69 Å². The highest BCUT2D eigenvalue weighted by Crippen LogP contribution is 2.33. The maximum absolute atomic E-state index is 5.64. The van der Waals surface area contributed by atoms with E-state index in [1.807, 2.05) is 12.1 Å². The minimum atomic E-state index is 0.215. The van der Waals surface area contributed by atoms with Crippen LogP contribution in [0.1, 0.15) is 24.1 Å². The topological polar surface area (TPSA) is 30.5 Å². The number of anilines is 1. The van der Waals surface area contributed by atoms with E-state index < -0.39 is 0 Å². The third kappa shape index (κ3) is 2.57. The zero-order valence-electron chi connectivity index (χ0n) is 11.8. The largest absolute Gasteiger partial charge is 0.486 e. The van der Waals surface area contributed by atoms with E-state index in [4.69, 9.17) is 9.47 Å². The van der Waals surface area contributed by atoms with E-state index in [9.17, 15) is 0 Å². The number of ether oxygens (including phenoxy) is 2. The first kappa shape index (κ1) is 12.9. The second-order valence-corrected chi connectivity index (χ2v) is 5.08. The predicted octanol–water partition coefficient (Wildman–Crippen LogP) is 3.94. The zero-order chi connectivity index (χ0) is 13.9. The molecule has 104 valence electrons. The Morgan fingerprint density at radius 2 is 1.75 bits per heavy atom. The van der Waals surface area contributed by atoms with E-state index in [1.54, 1.807) is 0 Å². The smallest absolute Gasteiger partial charge is 0.161 e. The molecule has 1 aliphatic rings. The predicted molar refractivity (Wildman–Crippen MR) is 80.6 cm³/mol. The van der Waals surface area contributed by atoms with Crippen molar-refractivity contribution in [3.05, 3.63) is 53.6 Å². The van der Waals surface area contributed by atoms with Crippen LogP contribution in [0.4, 0.5) is 5.69 Å². The van der Waals surface area contributed by atoms with E-state index in [2.05, 4.69) is 49.5 Å².